The van der Waals surface area contributed by atoms with Gasteiger partial charge < -0.3 is 10.1 Å². The Morgan fingerprint density at radius 2 is 1.89 bits per heavy atom. The molecular weight excluding hydrogens is 354 g/mol. The average molecular weight is 383 g/mol. The highest BCUT2D eigenvalue weighted by Gasteiger charge is 2.22. The van der Waals surface area contributed by atoms with Gasteiger partial charge in [-0.25, -0.2) is 9.97 Å². The maximum atomic E-state index is 12.9. The normalized spacial score (nSPS) is 11.7. The lowest BCUT2D eigenvalue weighted by Crippen LogP contribution is -2.34. The summed E-state index contributed by atoms with van der Waals surface area (Å²) in [5.41, 5.74) is 2.14. The third-order valence-electron chi connectivity index (χ3n) is 4.51. The number of hydrogen-bond donors (Lipinski definition) is 1. The standard InChI is InChI=1S/C22H29N3O3/c1-4-6-7-9-17(22(27)28-5-2)15-25-21(26)19-14-16(3)10-11-18(19)20-23-12-8-13-24-20/h8,10-14,17H,4-7,9,15H2,1-3H3,(H,25,26). The molecule has 2 aromatic rings. The maximum absolute atomic E-state index is 12.9. The highest BCUT2D eigenvalue weighted by molar-refractivity contribution is 6.00. The summed E-state index contributed by atoms with van der Waals surface area (Å²) in [5.74, 6) is -0.333. The van der Waals surface area contributed by atoms with Crippen LogP contribution in [0.3, 0.4) is 0 Å². The Morgan fingerprint density at radius 3 is 2.57 bits per heavy atom. The van der Waals surface area contributed by atoms with Crippen molar-refractivity contribution in [2.75, 3.05) is 13.2 Å². The molecule has 1 N–H and O–H groups in total. The molecule has 1 aromatic heterocycles. The highest BCUT2D eigenvalue weighted by Crippen LogP contribution is 2.21. The van der Waals surface area contributed by atoms with Crippen molar-refractivity contribution in [3.63, 3.8) is 0 Å². The van der Waals surface area contributed by atoms with Crippen molar-refractivity contribution in [1.82, 2.24) is 15.3 Å². The molecule has 1 aromatic carbocycles. The van der Waals surface area contributed by atoms with Gasteiger partial charge in [0.05, 0.1) is 18.1 Å². The summed E-state index contributed by atoms with van der Waals surface area (Å²) in [5, 5.41) is 2.91. The molecule has 6 heteroatoms. The first kappa shape index (κ1) is 21.5. The van der Waals surface area contributed by atoms with E-state index in [9.17, 15) is 9.59 Å². The second-order valence-electron chi connectivity index (χ2n) is 6.78. The number of nitrogens with zero attached hydrogens (tertiary/aromatic N) is 2. The average Bonchev–Trinajstić information content (AvgIpc) is 2.71. The van der Waals surface area contributed by atoms with Gasteiger partial charge >= 0.3 is 5.97 Å². The van der Waals surface area contributed by atoms with Gasteiger partial charge in [0.1, 0.15) is 0 Å². The molecular formula is C22H29N3O3. The van der Waals surface area contributed by atoms with Gasteiger partial charge in [-0.1, -0.05) is 43.9 Å². The van der Waals surface area contributed by atoms with Crippen LogP contribution in [0.4, 0.5) is 0 Å². The number of carbonyl (C=O) groups excluding carboxylic acids is 2. The lowest BCUT2D eigenvalue weighted by molar-refractivity contribution is -0.148. The van der Waals surface area contributed by atoms with E-state index in [0.717, 1.165) is 24.8 Å². The van der Waals surface area contributed by atoms with Crippen molar-refractivity contribution < 1.29 is 14.3 Å². The minimum Gasteiger partial charge on any atom is -0.466 e. The zero-order chi connectivity index (χ0) is 20.4. The van der Waals surface area contributed by atoms with Crippen LogP contribution in [0.25, 0.3) is 11.4 Å². The second-order valence-corrected chi connectivity index (χ2v) is 6.78. The Bertz CT molecular complexity index is 778. The number of nitrogens with one attached hydrogen (secondary N) is 1. The fraction of sp³-hybridized carbons (Fsp3) is 0.455. The molecule has 0 aliphatic carbocycles. The minimum absolute atomic E-state index is 0.240. The smallest absolute Gasteiger partial charge is 0.310 e. The van der Waals surface area contributed by atoms with Gasteiger partial charge in [-0.15, -0.1) is 0 Å². The summed E-state index contributed by atoms with van der Waals surface area (Å²) in [6.45, 7) is 6.43. The second kappa shape index (κ2) is 11.2. The van der Waals surface area contributed by atoms with E-state index in [-0.39, 0.29) is 24.3 Å². The number of rotatable bonds is 10. The van der Waals surface area contributed by atoms with E-state index >= 15 is 0 Å². The molecule has 6 nitrogen and oxygen atoms in total. The quantitative estimate of drug-likeness (QED) is 0.496. The highest BCUT2D eigenvalue weighted by atomic mass is 16.5. The molecule has 150 valence electrons. The first-order valence-electron chi connectivity index (χ1n) is 9.89. The molecule has 0 radical (unpaired) electrons. The van der Waals surface area contributed by atoms with E-state index in [2.05, 4.69) is 22.2 Å². The first-order valence-corrected chi connectivity index (χ1v) is 9.89. The van der Waals surface area contributed by atoms with Gasteiger partial charge in [0.25, 0.3) is 5.91 Å². The fourth-order valence-electron chi connectivity index (χ4n) is 2.99. The Labute approximate surface area is 166 Å². The van der Waals surface area contributed by atoms with E-state index in [1.807, 2.05) is 25.1 Å². The SMILES string of the molecule is CCCCCC(CNC(=O)c1cc(C)ccc1-c1ncccn1)C(=O)OCC. The summed E-state index contributed by atoms with van der Waals surface area (Å²) in [4.78, 5) is 33.6. The Balaban J connectivity index is 2.14. The van der Waals surface area contributed by atoms with Crippen LogP contribution < -0.4 is 5.32 Å². The van der Waals surface area contributed by atoms with Gasteiger partial charge in [-0.2, -0.15) is 0 Å². The summed E-state index contributed by atoms with van der Waals surface area (Å²) < 4.78 is 5.17. The number of aromatic nitrogens is 2. The Hall–Kier alpha value is -2.76. The van der Waals surface area contributed by atoms with Crippen molar-refractivity contribution in [3.8, 4) is 11.4 Å². The van der Waals surface area contributed by atoms with Gasteiger partial charge in [0.15, 0.2) is 5.82 Å². The van der Waals surface area contributed by atoms with Gasteiger partial charge in [0.2, 0.25) is 0 Å². The number of amides is 1. The van der Waals surface area contributed by atoms with Crippen LogP contribution in [0, 0.1) is 12.8 Å². The van der Waals surface area contributed by atoms with E-state index < -0.39 is 0 Å². The largest absolute Gasteiger partial charge is 0.466 e. The summed E-state index contributed by atoms with van der Waals surface area (Å²) >= 11 is 0. The number of aryl methyl sites for hydroxylation is 1. The zero-order valence-corrected chi connectivity index (χ0v) is 16.9. The van der Waals surface area contributed by atoms with Crippen LogP contribution in [0.15, 0.2) is 36.7 Å². The number of ether oxygens (including phenoxy) is 1. The topological polar surface area (TPSA) is 81.2 Å². The first-order chi connectivity index (χ1) is 13.6. The van der Waals surface area contributed by atoms with Gasteiger partial charge in [0, 0.05) is 24.5 Å². The summed E-state index contributed by atoms with van der Waals surface area (Å²) in [6, 6.07) is 7.33. The maximum Gasteiger partial charge on any atom is 0.310 e. The molecule has 2 rings (SSSR count). The molecule has 0 aliphatic rings. The van der Waals surface area contributed by atoms with Crippen molar-refractivity contribution in [3.05, 3.63) is 47.8 Å². The van der Waals surface area contributed by atoms with E-state index in [4.69, 9.17) is 4.74 Å². The molecule has 0 spiro atoms. The molecule has 1 heterocycles. The number of unbranched alkanes of at least 4 members (excludes halogenated alkanes) is 2. The predicted molar refractivity (Wildman–Crippen MR) is 109 cm³/mol. The van der Waals surface area contributed by atoms with Crippen LogP contribution in [-0.2, 0) is 9.53 Å². The van der Waals surface area contributed by atoms with E-state index in [1.54, 1.807) is 25.4 Å². The predicted octanol–water partition coefficient (Wildman–Crippen LogP) is 3.94. The lowest BCUT2D eigenvalue weighted by Gasteiger charge is -2.17. The zero-order valence-electron chi connectivity index (χ0n) is 16.9. The minimum atomic E-state index is -0.336. The molecule has 0 bridgehead atoms. The van der Waals surface area contributed by atoms with Crippen molar-refractivity contribution in [2.45, 2.75) is 46.5 Å². The van der Waals surface area contributed by atoms with Gasteiger partial charge in [-0.05, 0) is 32.4 Å². The molecule has 0 saturated carbocycles. The van der Waals surface area contributed by atoms with Crippen molar-refractivity contribution in [2.24, 2.45) is 5.92 Å². The molecule has 1 atom stereocenters. The van der Waals surface area contributed by atoms with E-state index in [1.165, 1.54) is 0 Å². The van der Waals surface area contributed by atoms with Crippen LogP contribution >= 0.6 is 0 Å². The Kier molecular flexibility index (Phi) is 8.59. The monoisotopic (exact) mass is 383 g/mol. The number of esters is 1. The molecule has 28 heavy (non-hydrogen) atoms. The van der Waals surface area contributed by atoms with Crippen molar-refractivity contribution in [1.29, 1.82) is 0 Å². The summed E-state index contributed by atoms with van der Waals surface area (Å²) in [6.07, 6.45) is 7.06. The summed E-state index contributed by atoms with van der Waals surface area (Å²) in [7, 11) is 0. The fourth-order valence-corrected chi connectivity index (χ4v) is 2.99. The lowest BCUT2D eigenvalue weighted by atomic mass is 10.00. The van der Waals surface area contributed by atoms with Crippen LogP contribution in [-0.4, -0.2) is 35.0 Å². The molecule has 0 saturated heterocycles. The van der Waals surface area contributed by atoms with Crippen LogP contribution in [0.2, 0.25) is 0 Å². The molecule has 1 unspecified atom stereocenters. The molecule has 0 fully saturated rings. The molecule has 0 aliphatic heterocycles. The third kappa shape index (κ3) is 6.15. The van der Waals surface area contributed by atoms with Crippen molar-refractivity contribution >= 4 is 11.9 Å². The number of hydrogen-bond acceptors (Lipinski definition) is 5. The van der Waals surface area contributed by atoms with Crippen LogP contribution in [0.1, 0.15) is 55.5 Å². The number of benzene rings is 1. The molecule has 1 amide bonds. The van der Waals surface area contributed by atoms with E-state index in [0.29, 0.717) is 30.0 Å². The number of carbonyl (C=O) groups is 2. The van der Waals surface area contributed by atoms with Gasteiger partial charge in [-0.3, -0.25) is 9.59 Å². The third-order valence-corrected chi connectivity index (χ3v) is 4.51. The van der Waals surface area contributed by atoms with Crippen LogP contribution in [0.5, 0.6) is 0 Å². The Morgan fingerprint density at radius 1 is 1.14 bits per heavy atom.